The first-order valence-electron chi connectivity index (χ1n) is 4.49. The summed E-state index contributed by atoms with van der Waals surface area (Å²) in [4.78, 5) is 0. The zero-order chi connectivity index (χ0) is 11.5. The van der Waals surface area contributed by atoms with Crippen molar-refractivity contribution in [1.82, 2.24) is 0 Å². The van der Waals surface area contributed by atoms with Crippen LogP contribution in [0.4, 0.5) is 0 Å². The molecular weight excluding hydrogens is 176 g/mol. The lowest BCUT2D eigenvalue weighted by atomic mass is 9.80. The Balaban J connectivity index is 5.13. The van der Waals surface area contributed by atoms with Crippen LogP contribution in [0.5, 0.6) is 0 Å². The van der Waals surface area contributed by atoms with Crippen LogP contribution < -0.4 is 0 Å². The van der Waals surface area contributed by atoms with Gasteiger partial charge in [-0.3, -0.25) is 0 Å². The van der Waals surface area contributed by atoms with Crippen molar-refractivity contribution in [3.05, 3.63) is 0 Å². The molecule has 0 saturated heterocycles. The van der Waals surface area contributed by atoms with Crippen molar-refractivity contribution < 1.29 is 0 Å². The van der Waals surface area contributed by atoms with Crippen molar-refractivity contribution in [1.29, 1.82) is 21.6 Å². The Morgan fingerprint density at radius 3 is 0.786 bits per heavy atom. The van der Waals surface area contributed by atoms with Crippen LogP contribution in [-0.2, 0) is 0 Å². The molecule has 78 valence electrons. The first-order valence-corrected chi connectivity index (χ1v) is 4.49. The van der Waals surface area contributed by atoms with E-state index in [2.05, 4.69) is 0 Å². The topological polar surface area (TPSA) is 95.4 Å². The van der Waals surface area contributed by atoms with Gasteiger partial charge < -0.3 is 21.6 Å². The van der Waals surface area contributed by atoms with Gasteiger partial charge in [0.05, 0.1) is 0 Å². The summed E-state index contributed by atoms with van der Waals surface area (Å²) >= 11 is 0. The summed E-state index contributed by atoms with van der Waals surface area (Å²) in [6.07, 6.45) is 0. The molecule has 0 fully saturated rings. The molecular formula is C10H18N4. The van der Waals surface area contributed by atoms with Crippen LogP contribution >= 0.6 is 0 Å². The second kappa shape index (κ2) is 4.79. The van der Waals surface area contributed by atoms with E-state index in [1.165, 1.54) is 0 Å². The van der Waals surface area contributed by atoms with Crippen LogP contribution in [0.15, 0.2) is 0 Å². The number of rotatable bonds is 5. The van der Waals surface area contributed by atoms with E-state index in [1.807, 2.05) is 0 Å². The molecule has 0 aromatic carbocycles. The molecule has 0 heterocycles. The molecule has 0 aromatic heterocycles. The molecule has 0 bridgehead atoms. The van der Waals surface area contributed by atoms with Crippen molar-refractivity contribution in [2.24, 2.45) is 11.8 Å². The molecule has 0 aliphatic carbocycles. The Hall–Kier alpha value is -1.32. The Bertz CT molecular complexity index is 232. The van der Waals surface area contributed by atoms with Crippen LogP contribution in [0, 0.1) is 33.5 Å². The molecule has 0 saturated carbocycles. The van der Waals surface area contributed by atoms with Gasteiger partial charge in [-0.05, 0) is 27.7 Å². The molecule has 0 aromatic rings. The van der Waals surface area contributed by atoms with Gasteiger partial charge >= 0.3 is 0 Å². The van der Waals surface area contributed by atoms with Gasteiger partial charge in [0.25, 0.3) is 0 Å². The summed E-state index contributed by atoms with van der Waals surface area (Å²) < 4.78 is 0. The van der Waals surface area contributed by atoms with E-state index in [-0.39, 0.29) is 0 Å². The smallest absolute Gasteiger partial charge is 0.0470 e. The largest absolute Gasteiger partial charge is 0.309 e. The first-order chi connectivity index (χ1) is 6.29. The van der Waals surface area contributed by atoms with Crippen LogP contribution in [0.3, 0.4) is 0 Å². The summed E-state index contributed by atoms with van der Waals surface area (Å²) in [7, 11) is 0. The van der Waals surface area contributed by atoms with E-state index >= 15 is 0 Å². The van der Waals surface area contributed by atoms with Gasteiger partial charge in [0, 0.05) is 34.7 Å². The van der Waals surface area contributed by atoms with Crippen molar-refractivity contribution >= 4 is 22.8 Å². The van der Waals surface area contributed by atoms with Crippen LogP contribution in [0.2, 0.25) is 0 Å². The lowest BCUT2D eigenvalue weighted by Crippen LogP contribution is -2.36. The third kappa shape index (κ3) is 2.87. The van der Waals surface area contributed by atoms with Gasteiger partial charge in [0.1, 0.15) is 0 Å². The lowest BCUT2D eigenvalue weighted by molar-refractivity contribution is 0.792. The molecule has 0 spiro atoms. The van der Waals surface area contributed by atoms with E-state index in [1.54, 1.807) is 27.7 Å². The predicted molar refractivity (Wildman–Crippen MR) is 60.6 cm³/mol. The summed E-state index contributed by atoms with van der Waals surface area (Å²) in [5.41, 5.74) is 1.39. The van der Waals surface area contributed by atoms with Crippen molar-refractivity contribution in [3.63, 3.8) is 0 Å². The van der Waals surface area contributed by atoms with Crippen molar-refractivity contribution in [3.8, 4) is 0 Å². The average molecular weight is 194 g/mol. The highest BCUT2D eigenvalue weighted by atomic mass is 14.6. The van der Waals surface area contributed by atoms with Gasteiger partial charge in [0.15, 0.2) is 0 Å². The highest BCUT2D eigenvalue weighted by Crippen LogP contribution is 2.17. The molecule has 4 nitrogen and oxygen atoms in total. The zero-order valence-corrected chi connectivity index (χ0v) is 9.15. The fraction of sp³-hybridized carbons (Fsp3) is 0.600. The van der Waals surface area contributed by atoms with E-state index < -0.39 is 11.8 Å². The molecule has 0 unspecified atom stereocenters. The molecule has 0 amide bonds. The minimum absolute atomic E-state index is 0.348. The molecule has 0 aliphatic rings. The highest BCUT2D eigenvalue weighted by molar-refractivity contribution is 6.14. The van der Waals surface area contributed by atoms with E-state index in [0.29, 0.717) is 22.8 Å². The van der Waals surface area contributed by atoms with E-state index in [4.69, 9.17) is 21.6 Å². The van der Waals surface area contributed by atoms with Gasteiger partial charge in [-0.1, -0.05) is 0 Å². The Kier molecular flexibility index (Phi) is 4.34. The summed E-state index contributed by atoms with van der Waals surface area (Å²) in [5.74, 6) is -0.824. The minimum atomic E-state index is -0.412. The fourth-order valence-electron chi connectivity index (χ4n) is 1.65. The maximum absolute atomic E-state index is 7.56. The second-order valence-electron chi connectivity index (χ2n) is 3.69. The van der Waals surface area contributed by atoms with Crippen LogP contribution in [0.1, 0.15) is 27.7 Å². The predicted octanol–water partition coefficient (Wildman–Crippen LogP) is 2.38. The Labute approximate surface area is 84.8 Å². The maximum Gasteiger partial charge on any atom is 0.0470 e. The first kappa shape index (κ1) is 12.7. The van der Waals surface area contributed by atoms with Crippen molar-refractivity contribution in [2.75, 3.05) is 0 Å². The maximum atomic E-state index is 7.56. The van der Waals surface area contributed by atoms with Gasteiger partial charge in [0.2, 0.25) is 0 Å². The molecule has 4 heteroatoms. The fourth-order valence-corrected chi connectivity index (χ4v) is 1.65. The van der Waals surface area contributed by atoms with Gasteiger partial charge in [-0.15, -0.1) is 0 Å². The van der Waals surface area contributed by atoms with E-state index in [0.717, 1.165) is 0 Å². The molecule has 0 radical (unpaired) electrons. The molecule has 0 rings (SSSR count). The number of hydrogen-bond donors (Lipinski definition) is 4. The number of nitrogens with one attached hydrogen (secondary N) is 4. The molecule has 0 aliphatic heterocycles. The SMILES string of the molecule is CC(=N)C(C(C)=N)C(C(C)=N)C(C)=N. The van der Waals surface area contributed by atoms with Gasteiger partial charge in [-0.25, -0.2) is 0 Å². The van der Waals surface area contributed by atoms with Crippen LogP contribution in [0.25, 0.3) is 0 Å². The normalized spacial score (nSPS) is 14.3. The van der Waals surface area contributed by atoms with Gasteiger partial charge in [-0.2, -0.15) is 0 Å². The standard InChI is InChI=1S/C10H18N4/c1-5(11)9(6(2)12)10(7(3)13)8(4)14/h9-14H,1-4H3. The molecule has 14 heavy (non-hydrogen) atoms. The summed E-state index contributed by atoms with van der Waals surface area (Å²) in [6, 6.07) is 0. The summed E-state index contributed by atoms with van der Waals surface area (Å²) in [6.45, 7) is 6.51. The summed E-state index contributed by atoms with van der Waals surface area (Å²) in [5, 5.41) is 30.3. The monoisotopic (exact) mass is 194 g/mol. The highest BCUT2D eigenvalue weighted by Gasteiger charge is 2.28. The van der Waals surface area contributed by atoms with Crippen molar-refractivity contribution in [2.45, 2.75) is 27.7 Å². The minimum Gasteiger partial charge on any atom is -0.309 e. The quantitative estimate of drug-likeness (QED) is 0.483. The second-order valence-corrected chi connectivity index (χ2v) is 3.69. The Morgan fingerprint density at radius 2 is 0.714 bits per heavy atom. The Morgan fingerprint density at radius 1 is 0.571 bits per heavy atom. The molecule has 0 atom stereocenters. The zero-order valence-electron chi connectivity index (χ0n) is 9.15. The average Bonchev–Trinajstić information content (AvgIpc) is 1.96. The van der Waals surface area contributed by atoms with E-state index in [9.17, 15) is 0 Å². The number of hydrogen-bond acceptors (Lipinski definition) is 4. The third-order valence-corrected chi connectivity index (χ3v) is 2.20. The molecule has 4 N–H and O–H groups in total. The van der Waals surface area contributed by atoms with Crippen LogP contribution in [-0.4, -0.2) is 22.8 Å². The lowest BCUT2D eigenvalue weighted by Gasteiger charge is -2.24. The third-order valence-electron chi connectivity index (χ3n) is 2.20.